The lowest BCUT2D eigenvalue weighted by Crippen LogP contribution is -2.31. The van der Waals surface area contributed by atoms with Crippen molar-refractivity contribution in [1.82, 2.24) is 15.3 Å². The van der Waals surface area contributed by atoms with Gasteiger partial charge < -0.3 is 10.6 Å². The fraction of sp³-hybridized carbons (Fsp3) is 0.588. The topological polar surface area (TPSA) is 66.9 Å². The second-order valence-corrected chi connectivity index (χ2v) is 6.10. The SMILES string of the molecule is Cc1nc(NCCC2=CCCCC2)cc(C(=O)NC(C)C)n1. The summed E-state index contributed by atoms with van der Waals surface area (Å²) in [6, 6.07) is 1.82. The lowest BCUT2D eigenvalue weighted by molar-refractivity contribution is 0.0937. The van der Waals surface area contributed by atoms with Crippen molar-refractivity contribution in [2.45, 2.75) is 58.9 Å². The van der Waals surface area contributed by atoms with Gasteiger partial charge >= 0.3 is 0 Å². The minimum absolute atomic E-state index is 0.0948. The molecular formula is C17H26N4O. The van der Waals surface area contributed by atoms with Crippen LogP contribution in [0.25, 0.3) is 0 Å². The Morgan fingerprint density at radius 3 is 2.82 bits per heavy atom. The third-order valence-electron chi connectivity index (χ3n) is 3.63. The van der Waals surface area contributed by atoms with Crippen LogP contribution in [0.5, 0.6) is 0 Å². The fourth-order valence-corrected chi connectivity index (χ4v) is 2.59. The first-order chi connectivity index (χ1) is 10.5. The molecule has 0 aromatic carbocycles. The number of amides is 1. The molecule has 0 unspecified atom stereocenters. The van der Waals surface area contributed by atoms with Gasteiger partial charge in [0.05, 0.1) is 0 Å². The van der Waals surface area contributed by atoms with Crippen LogP contribution in [0.3, 0.4) is 0 Å². The summed E-state index contributed by atoms with van der Waals surface area (Å²) >= 11 is 0. The normalized spacial score (nSPS) is 14.6. The van der Waals surface area contributed by atoms with Crippen molar-refractivity contribution < 1.29 is 4.79 Å². The number of carbonyl (C=O) groups excluding carboxylic acids is 1. The van der Waals surface area contributed by atoms with Gasteiger partial charge in [-0.05, 0) is 52.9 Å². The zero-order valence-electron chi connectivity index (χ0n) is 13.8. The van der Waals surface area contributed by atoms with Crippen LogP contribution in [-0.2, 0) is 0 Å². The molecule has 1 heterocycles. The van der Waals surface area contributed by atoms with E-state index in [1.165, 1.54) is 31.3 Å². The van der Waals surface area contributed by atoms with E-state index >= 15 is 0 Å². The van der Waals surface area contributed by atoms with Gasteiger partial charge in [0.1, 0.15) is 17.3 Å². The summed E-state index contributed by atoms with van der Waals surface area (Å²) in [4.78, 5) is 20.6. The first-order valence-electron chi connectivity index (χ1n) is 8.13. The predicted molar refractivity (Wildman–Crippen MR) is 89.0 cm³/mol. The summed E-state index contributed by atoms with van der Waals surface area (Å²) in [5.74, 6) is 1.17. The smallest absolute Gasteiger partial charge is 0.270 e. The van der Waals surface area contributed by atoms with Crippen molar-refractivity contribution in [3.8, 4) is 0 Å². The average Bonchev–Trinajstić information content (AvgIpc) is 2.47. The van der Waals surface area contributed by atoms with Gasteiger partial charge in [0.15, 0.2) is 0 Å². The monoisotopic (exact) mass is 302 g/mol. The molecular weight excluding hydrogens is 276 g/mol. The molecule has 5 nitrogen and oxygen atoms in total. The number of hydrogen-bond acceptors (Lipinski definition) is 4. The molecule has 22 heavy (non-hydrogen) atoms. The fourth-order valence-electron chi connectivity index (χ4n) is 2.59. The van der Waals surface area contributed by atoms with Gasteiger partial charge in [-0.1, -0.05) is 11.6 Å². The third kappa shape index (κ3) is 5.13. The van der Waals surface area contributed by atoms with Gasteiger partial charge in [-0.2, -0.15) is 0 Å². The highest BCUT2D eigenvalue weighted by Gasteiger charge is 2.11. The van der Waals surface area contributed by atoms with Gasteiger partial charge in [0.2, 0.25) is 0 Å². The molecule has 0 saturated carbocycles. The Kier molecular flexibility index (Phi) is 5.92. The van der Waals surface area contributed by atoms with Crippen LogP contribution in [0, 0.1) is 6.92 Å². The van der Waals surface area contributed by atoms with Crippen LogP contribution in [-0.4, -0.2) is 28.5 Å². The molecule has 0 spiro atoms. The summed E-state index contributed by atoms with van der Waals surface area (Å²) in [5, 5.41) is 6.16. The number of nitrogens with one attached hydrogen (secondary N) is 2. The molecule has 2 rings (SSSR count). The largest absolute Gasteiger partial charge is 0.370 e. The Balaban J connectivity index is 1.94. The first kappa shape index (κ1) is 16.5. The van der Waals surface area contributed by atoms with E-state index in [0.717, 1.165) is 18.8 Å². The summed E-state index contributed by atoms with van der Waals surface area (Å²) in [7, 11) is 0. The van der Waals surface area contributed by atoms with Gasteiger partial charge in [-0.25, -0.2) is 9.97 Å². The molecule has 0 fully saturated rings. The van der Waals surface area contributed by atoms with Crippen molar-refractivity contribution in [2.75, 3.05) is 11.9 Å². The zero-order chi connectivity index (χ0) is 15.9. The molecule has 120 valence electrons. The van der Waals surface area contributed by atoms with E-state index in [2.05, 4.69) is 26.7 Å². The van der Waals surface area contributed by atoms with Crippen LogP contribution in [0.1, 0.15) is 62.3 Å². The number of aromatic nitrogens is 2. The maximum Gasteiger partial charge on any atom is 0.270 e. The number of nitrogens with zero attached hydrogens (tertiary/aromatic N) is 2. The van der Waals surface area contributed by atoms with Crippen molar-refractivity contribution in [3.63, 3.8) is 0 Å². The number of rotatable bonds is 6. The highest BCUT2D eigenvalue weighted by molar-refractivity contribution is 5.93. The molecule has 1 aliphatic carbocycles. The third-order valence-corrected chi connectivity index (χ3v) is 3.63. The maximum atomic E-state index is 12.0. The Bertz CT molecular complexity index is 552. The van der Waals surface area contributed by atoms with Crippen molar-refractivity contribution >= 4 is 11.7 Å². The minimum atomic E-state index is -0.154. The maximum absolute atomic E-state index is 12.0. The molecule has 2 N–H and O–H groups in total. The number of allylic oxidation sites excluding steroid dienone is 1. The number of carbonyl (C=O) groups is 1. The highest BCUT2D eigenvalue weighted by Crippen LogP contribution is 2.20. The number of aryl methyl sites for hydroxylation is 1. The van der Waals surface area contributed by atoms with Crippen molar-refractivity contribution in [3.05, 3.63) is 29.2 Å². The summed E-state index contributed by atoms with van der Waals surface area (Å²) in [6.45, 7) is 6.51. The van der Waals surface area contributed by atoms with E-state index in [1.54, 1.807) is 13.0 Å². The molecule has 0 aliphatic heterocycles. The Morgan fingerprint density at radius 1 is 1.32 bits per heavy atom. The van der Waals surface area contributed by atoms with Crippen LogP contribution < -0.4 is 10.6 Å². The Hall–Kier alpha value is -1.91. The molecule has 1 aliphatic rings. The number of hydrogen-bond donors (Lipinski definition) is 2. The Morgan fingerprint density at radius 2 is 2.14 bits per heavy atom. The second kappa shape index (κ2) is 7.92. The van der Waals surface area contributed by atoms with Crippen LogP contribution in [0.4, 0.5) is 5.82 Å². The molecule has 1 aromatic heterocycles. The van der Waals surface area contributed by atoms with Crippen molar-refractivity contribution in [2.24, 2.45) is 0 Å². The lowest BCUT2D eigenvalue weighted by atomic mass is 9.97. The van der Waals surface area contributed by atoms with Crippen molar-refractivity contribution in [1.29, 1.82) is 0 Å². The van der Waals surface area contributed by atoms with Gasteiger partial charge in [0, 0.05) is 18.7 Å². The van der Waals surface area contributed by atoms with E-state index in [9.17, 15) is 4.79 Å². The van der Waals surface area contributed by atoms with Crippen LogP contribution in [0.2, 0.25) is 0 Å². The number of anilines is 1. The molecule has 5 heteroatoms. The molecule has 0 atom stereocenters. The van der Waals surface area contributed by atoms with Gasteiger partial charge in [-0.15, -0.1) is 0 Å². The predicted octanol–water partition coefficient (Wildman–Crippen LogP) is 3.23. The van der Waals surface area contributed by atoms with E-state index in [-0.39, 0.29) is 11.9 Å². The summed E-state index contributed by atoms with van der Waals surface area (Å²) in [5.41, 5.74) is 1.95. The standard InChI is InChI=1S/C17H26N4O/c1-12(2)19-17(22)15-11-16(21-13(3)20-15)18-10-9-14-7-5-4-6-8-14/h7,11-12H,4-6,8-10H2,1-3H3,(H,19,22)(H,18,20,21). The van der Waals surface area contributed by atoms with E-state index in [4.69, 9.17) is 0 Å². The van der Waals surface area contributed by atoms with E-state index < -0.39 is 0 Å². The van der Waals surface area contributed by atoms with Crippen LogP contribution in [0.15, 0.2) is 17.7 Å². The summed E-state index contributed by atoms with van der Waals surface area (Å²) in [6.07, 6.45) is 8.44. The molecule has 0 bridgehead atoms. The minimum Gasteiger partial charge on any atom is -0.370 e. The Labute approximate surface area is 132 Å². The highest BCUT2D eigenvalue weighted by atomic mass is 16.1. The van der Waals surface area contributed by atoms with E-state index in [0.29, 0.717) is 11.5 Å². The molecule has 0 radical (unpaired) electrons. The van der Waals surface area contributed by atoms with Crippen LogP contribution >= 0.6 is 0 Å². The second-order valence-electron chi connectivity index (χ2n) is 6.10. The molecule has 1 aromatic rings. The lowest BCUT2D eigenvalue weighted by Gasteiger charge is -2.14. The van der Waals surface area contributed by atoms with E-state index in [1.807, 2.05) is 13.8 Å². The zero-order valence-corrected chi connectivity index (χ0v) is 13.8. The van der Waals surface area contributed by atoms with Gasteiger partial charge in [0.25, 0.3) is 5.91 Å². The average molecular weight is 302 g/mol. The quantitative estimate of drug-likeness (QED) is 0.792. The molecule has 1 amide bonds. The summed E-state index contributed by atoms with van der Waals surface area (Å²) < 4.78 is 0. The molecule has 0 saturated heterocycles. The first-order valence-corrected chi connectivity index (χ1v) is 8.13. The van der Waals surface area contributed by atoms with Gasteiger partial charge in [-0.3, -0.25) is 4.79 Å².